The summed E-state index contributed by atoms with van der Waals surface area (Å²) in [6.45, 7) is 2.35. The number of hydrogen-bond acceptors (Lipinski definition) is 5. The van der Waals surface area contributed by atoms with Crippen molar-refractivity contribution >= 4 is 5.91 Å². The number of nitrogens with one attached hydrogen (secondary N) is 2. The zero-order valence-corrected chi connectivity index (χ0v) is 15.2. The molecule has 1 aliphatic carbocycles. The fourth-order valence-corrected chi connectivity index (χ4v) is 3.33. The van der Waals surface area contributed by atoms with E-state index < -0.39 is 28.6 Å². The Bertz CT molecular complexity index is 924. The molecule has 2 aromatic rings. The molecule has 1 heterocycles. The Morgan fingerprint density at radius 2 is 1.89 bits per heavy atom. The molecule has 1 aromatic heterocycles. The average molecular weight is 373 g/mol. The molecule has 144 valence electrons. The van der Waals surface area contributed by atoms with Crippen molar-refractivity contribution in [2.24, 2.45) is 0 Å². The predicted octanol–water partition coefficient (Wildman–Crippen LogP) is 1.69. The van der Waals surface area contributed by atoms with Crippen LogP contribution in [0.15, 0.2) is 33.9 Å². The number of aromatic hydroxyl groups is 1. The first-order valence-corrected chi connectivity index (χ1v) is 9.13. The van der Waals surface area contributed by atoms with E-state index in [4.69, 9.17) is 4.74 Å². The van der Waals surface area contributed by atoms with Gasteiger partial charge in [-0.3, -0.25) is 14.6 Å². The third kappa shape index (κ3) is 4.05. The lowest BCUT2D eigenvalue weighted by atomic mass is 9.95. The minimum absolute atomic E-state index is 0.0316. The SMILES string of the molecule is CCOc1ccc(-n2c(O)c(C(=O)NC3CCCCC3)c(=O)[nH]c2=O)cc1. The van der Waals surface area contributed by atoms with E-state index in [2.05, 4.69) is 10.3 Å². The normalized spacial score (nSPS) is 14.7. The van der Waals surface area contributed by atoms with Gasteiger partial charge in [0.2, 0.25) is 5.88 Å². The van der Waals surface area contributed by atoms with Crippen molar-refractivity contribution in [3.05, 3.63) is 50.7 Å². The number of aromatic nitrogens is 2. The molecule has 0 spiro atoms. The molecule has 0 radical (unpaired) electrons. The van der Waals surface area contributed by atoms with Gasteiger partial charge in [0.1, 0.15) is 5.75 Å². The highest BCUT2D eigenvalue weighted by molar-refractivity contribution is 5.96. The first-order valence-electron chi connectivity index (χ1n) is 9.13. The molecule has 1 fully saturated rings. The van der Waals surface area contributed by atoms with E-state index in [1.807, 2.05) is 6.92 Å². The Hall–Kier alpha value is -3.03. The molecule has 1 aliphatic rings. The summed E-state index contributed by atoms with van der Waals surface area (Å²) in [6.07, 6.45) is 4.82. The van der Waals surface area contributed by atoms with Gasteiger partial charge in [0.25, 0.3) is 11.5 Å². The lowest BCUT2D eigenvalue weighted by molar-refractivity contribution is 0.0922. The zero-order chi connectivity index (χ0) is 19.4. The highest BCUT2D eigenvalue weighted by Gasteiger charge is 2.24. The topological polar surface area (TPSA) is 113 Å². The van der Waals surface area contributed by atoms with Crippen LogP contribution in [0.5, 0.6) is 11.6 Å². The molecule has 27 heavy (non-hydrogen) atoms. The zero-order valence-electron chi connectivity index (χ0n) is 15.2. The van der Waals surface area contributed by atoms with E-state index in [0.29, 0.717) is 18.0 Å². The van der Waals surface area contributed by atoms with Gasteiger partial charge in [-0.15, -0.1) is 0 Å². The molecule has 0 aliphatic heterocycles. The third-order valence-electron chi connectivity index (χ3n) is 4.66. The second kappa shape index (κ2) is 8.11. The van der Waals surface area contributed by atoms with Gasteiger partial charge in [-0.1, -0.05) is 19.3 Å². The molecule has 1 amide bonds. The number of nitrogens with zero attached hydrogens (tertiary/aromatic N) is 1. The summed E-state index contributed by atoms with van der Waals surface area (Å²) in [5.41, 5.74) is -1.89. The number of H-pyrrole nitrogens is 1. The molecular weight excluding hydrogens is 350 g/mol. The van der Waals surface area contributed by atoms with Gasteiger partial charge < -0.3 is 15.2 Å². The number of hydrogen-bond donors (Lipinski definition) is 3. The molecule has 0 bridgehead atoms. The fraction of sp³-hybridized carbons (Fsp3) is 0.421. The average Bonchev–Trinajstić information content (AvgIpc) is 2.64. The lowest BCUT2D eigenvalue weighted by Gasteiger charge is -2.22. The molecular formula is C19H23N3O5. The summed E-state index contributed by atoms with van der Waals surface area (Å²) in [6, 6.07) is 6.37. The molecule has 1 aromatic carbocycles. The van der Waals surface area contributed by atoms with Crippen molar-refractivity contribution in [2.75, 3.05) is 6.61 Å². The molecule has 1 saturated carbocycles. The van der Waals surface area contributed by atoms with E-state index in [9.17, 15) is 19.5 Å². The number of carbonyl (C=O) groups is 1. The van der Waals surface area contributed by atoms with E-state index in [-0.39, 0.29) is 6.04 Å². The minimum Gasteiger partial charge on any atom is -0.494 e. The quantitative estimate of drug-likeness (QED) is 0.738. The van der Waals surface area contributed by atoms with Crippen LogP contribution in [0.1, 0.15) is 49.4 Å². The van der Waals surface area contributed by atoms with E-state index >= 15 is 0 Å². The van der Waals surface area contributed by atoms with Crippen LogP contribution in [0.25, 0.3) is 5.69 Å². The Kier molecular flexibility index (Phi) is 5.63. The molecule has 0 unspecified atom stereocenters. The van der Waals surface area contributed by atoms with Gasteiger partial charge in [0.15, 0.2) is 5.56 Å². The highest BCUT2D eigenvalue weighted by atomic mass is 16.5. The maximum Gasteiger partial charge on any atom is 0.335 e. The lowest BCUT2D eigenvalue weighted by Crippen LogP contribution is -2.41. The van der Waals surface area contributed by atoms with Gasteiger partial charge in [-0.2, -0.15) is 0 Å². The molecule has 3 N–H and O–H groups in total. The van der Waals surface area contributed by atoms with Crippen LogP contribution >= 0.6 is 0 Å². The number of amides is 1. The van der Waals surface area contributed by atoms with Gasteiger partial charge in [-0.05, 0) is 44.0 Å². The van der Waals surface area contributed by atoms with Crippen LogP contribution < -0.4 is 21.3 Å². The largest absolute Gasteiger partial charge is 0.494 e. The van der Waals surface area contributed by atoms with E-state index in [1.165, 1.54) is 0 Å². The van der Waals surface area contributed by atoms with Crippen LogP contribution in [0.3, 0.4) is 0 Å². The molecule has 8 nitrogen and oxygen atoms in total. The van der Waals surface area contributed by atoms with Crippen LogP contribution in [0.2, 0.25) is 0 Å². The Morgan fingerprint density at radius 1 is 1.22 bits per heavy atom. The number of rotatable bonds is 5. The molecule has 3 rings (SSSR count). The Labute approximate surface area is 155 Å². The monoisotopic (exact) mass is 373 g/mol. The van der Waals surface area contributed by atoms with Crippen molar-refractivity contribution < 1.29 is 14.6 Å². The summed E-state index contributed by atoms with van der Waals surface area (Å²) in [4.78, 5) is 39.0. The third-order valence-corrected chi connectivity index (χ3v) is 4.66. The Morgan fingerprint density at radius 3 is 2.52 bits per heavy atom. The van der Waals surface area contributed by atoms with E-state index in [0.717, 1.165) is 36.7 Å². The first-order chi connectivity index (χ1) is 13.0. The van der Waals surface area contributed by atoms with Crippen LogP contribution in [0.4, 0.5) is 0 Å². The van der Waals surface area contributed by atoms with Crippen molar-refractivity contribution in [1.82, 2.24) is 14.9 Å². The smallest absolute Gasteiger partial charge is 0.335 e. The maximum atomic E-state index is 12.6. The summed E-state index contributed by atoms with van der Waals surface area (Å²) in [5, 5.41) is 13.3. The first kappa shape index (κ1) is 18.8. The van der Waals surface area contributed by atoms with Crippen molar-refractivity contribution in [3.63, 3.8) is 0 Å². The highest BCUT2D eigenvalue weighted by Crippen LogP contribution is 2.21. The Balaban J connectivity index is 1.96. The second-order valence-corrected chi connectivity index (χ2v) is 6.53. The van der Waals surface area contributed by atoms with Crippen molar-refractivity contribution in [2.45, 2.75) is 45.1 Å². The van der Waals surface area contributed by atoms with Crippen LogP contribution in [-0.2, 0) is 0 Å². The number of carbonyl (C=O) groups excluding carboxylic acids is 1. The van der Waals surface area contributed by atoms with E-state index in [1.54, 1.807) is 24.3 Å². The summed E-state index contributed by atoms with van der Waals surface area (Å²) in [7, 11) is 0. The fourth-order valence-electron chi connectivity index (χ4n) is 3.33. The van der Waals surface area contributed by atoms with Crippen molar-refractivity contribution in [3.8, 4) is 17.3 Å². The maximum absolute atomic E-state index is 12.6. The second-order valence-electron chi connectivity index (χ2n) is 6.53. The summed E-state index contributed by atoms with van der Waals surface area (Å²) < 4.78 is 6.25. The van der Waals surface area contributed by atoms with Crippen LogP contribution in [-0.4, -0.2) is 33.2 Å². The molecule has 0 saturated heterocycles. The van der Waals surface area contributed by atoms with Gasteiger partial charge in [0, 0.05) is 6.04 Å². The number of ether oxygens (including phenoxy) is 1. The van der Waals surface area contributed by atoms with Gasteiger partial charge in [-0.25, -0.2) is 9.36 Å². The minimum atomic E-state index is -0.909. The van der Waals surface area contributed by atoms with Gasteiger partial charge in [0.05, 0.1) is 12.3 Å². The van der Waals surface area contributed by atoms with Crippen molar-refractivity contribution in [1.29, 1.82) is 0 Å². The standard InChI is InChI=1S/C19H23N3O5/c1-2-27-14-10-8-13(9-11-14)22-18(25)15(17(24)21-19(22)26)16(23)20-12-6-4-3-5-7-12/h8-12,25H,2-7H2,1H3,(H,20,23)(H,21,24,26). The predicted molar refractivity (Wildman–Crippen MR) is 99.8 cm³/mol. The van der Waals surface area contributed by atoms with Crippen LogP contribution in [0, 0.1) is 0 Å². The van der Waals surface area contributed by atoms with Gasteiger partial charge >= 0.3 is 5.69 Å². The molecule has 0 atom stereocenters. The summed E-state index contributed by atoms with van der Waals surface area (Å²) >= 11 is 0. The summed E-state index contributed by atoms with van der Waals surface area (Å²) in [5.74, 6) is -0.755. The molecule has 8 heteroatoms. The number of aromatic amines is 1. The number of benzene rings is 1.